The molecule has 0 aliphatic carbocycles. The molecular formula is C25H25ClN6O. The Balaban J connectivity index is 1.57. The van der Waals surface area contributed by atoms with Crippen LogP contribution in [0.25, 0.3) is 33.4 Å². The second-order valence-corrected chi connectivity index (χ2v) is 8.68. The molecule has 2 N–H and O–H groups in total. The van der Waals surface area contributed by atoms with Gasteiger partial charge >= 0.3 is 0 Å². The van der Waals surface area contributed by atoms with Gasteiger partial charge in [-0.25, -0.2) is 4.98 Å². The average molecular weight is 461 g/mol. The SMILES string of the molecule is CCn1c(=O)c(-c2ccc(-c3ncccc3C)cc2Cl)cc2cnc(NC3CCNC3)nc21. The molecule has 0 bridgehead atoms. The van der Waals surface area contributed by atoms with Crippen molar-refractivity contribution >= 4 is 28.6 Å². The highest BCUT2D eigenvalue weighted by molar-refractivity contribution is 6.33. The smallest absolute Gasteiger partial charge is 0.260 e. The van der Waals surface area contributed by atoms with Crippen molar-refractivity contribution in [3.05, 3.63) is 69.7 Å². The number of halogens is 1. The fraction of sp³-hybridized carbons (Fsp3) is 0.280. The molecule has 1 aliphatic rings. The van der Waals surface area contributed by atoms with Crippen molar-refractivity contribution in [3.8, 4) is 22.4 Å². The molecule has 168 valence electrons. The lowest BCUT2D eigenvalue weighted by atomic mass is 10.0. The quantitative estimate of drug-likeness (QED) is 0.462. The van der Waals surface area contributed by atoms with E-state index in [9.17, 15) is 4.79 Å². The van der Waals surface area contributed by atoms with Crippen LogP contribution in [0.4, 0.5) is 5.95 Å². The Morgan fingerprint density at radius 1 is 1.21 bits per heavy atom. The highest BCUT2D eigenvalue weighted by Crippen LogP contribution is 2.32. The molecule has 1 fully saturated rings. The molecule has 1 aliphatic heterocycles. The van der Waals surface area contributed by atoms with Crippen LogP contribution >= 0.6 is 11.6 Å². The largest absolute Gasteiger partial charge is 0.350 e. The van der Waals surface area contributed by atoms with Crippen molar-refractivity contribution in [2.45, 2.75) is 32.9 Å². The molecule has 7 nitrogen and oxygen atoms in total. The van der Waals surface area contributed by atoms with E-state index in [-0.39, 0.29) is 5.56 Å². The van der Waals surface area contributed by atoms with Gasteiger partial charge in [-0.05, 0) is 50.6 Å². The maximum Gasteiger partial charge on any atom is 0.260 e. The number of hydrogen-bond donors (Lipinski definition) is 2. The maximum absolute atomic E-state index is 13.4. The summed E-state index contributed by atoms with van der Waals surface area (Å²) in [7, 11) is 0. The number of pyridine rings is 2. The summed E-state index contributed by atoms with van der Waals surface area (Å²) in [5.41, 5.74) is 4.56. The Morgan fingerprint density at radius 3 is 2.82 bits per heavy atom. The third-order valence-corrected chi connectivity index (χ3v) is 6.39. The minimum atomic E-state index is -0.124. The molecule has 0 spiro atoms. The zero-order valence-corrected chi connectivity index (χ0v) is 19.4. The number of aromatic nitrogens is 4. The Bertz CT molecular complexity index is 1390. The number of nitrogens with one attached hydrogen (secondary N) is 2. The number of rotatable bonds is 5. The number of hydrogen-bond acceptors (Lipinski definition) is 6. The second-order valence-electron chi connectivity index (χ2n) is 8.28. The molecule has 1 unspecified atom stereocenters. The summed E-state index contributed by atoms with van der Waals surface area (Å²) >= 11 is 6.68. The molecule has 0 radical (unpaired) electrons. The van der Waals surface area contributed by atoms with E-state index in [0.29, 0.717) is 40.3 Å². The van der Waals surface area contributed by atoms with Crippen LogP contribution in [-0.2, 0) is 6.54 Å². The summed E-state index contributed by atoms with van der Waals surface area (Å²) in [5.74, 6) is 0.540. The number of benzene rings is 1. The fourth-order valence-corrected chi connectivity index (χ4v) is 4.63. The molecule has 8 heteroatoms. The standard InChI is InChI=1S/C25H25ClN6O/c1-3-32-23-17(13-29-25(31-23)30-18-8-10-27-14-18)11-20(24(32)33)19-7-6-16(12-21(19)26)22-15(2)5-4-9-28-22/h4-7,9,11-13,18,27H,3,8,10,14H2,1-2H3,(H,29,30,31). The first-order valence-electron chi connectivity index (χ1n) is 11.1. The summed E-state index contributed by atoms with van der Waals surface area (Å²) in [5, 5.41) is 7.98. The molecular weight excluding hydrogens is 436 g/mol. The van der Waals surface area contributed by atoms with Crippen LogP contribution in [0.1, 0.15) is 18.9 Å². The van der Waals surface area contributed by atoms with E-state index < -0.39 is 0 Å². The zero-order chi connectivity index (χ0) is 22.9. The lowest BCUT2D eigenvalue weighted by molar-refractivity contribution is 0.745. The lowest BCUT2D eigenvalue weighted by Gasteiger charge is -2.15. The minimum Gasteiger partial charge on any atom is -0.350 e. The van der Waals surface area contributed by atoms with Crippen molar-refractivity contribution in [3.63, 3.8) is 0 Å². The Labute approximate surface area is 196 Å². The van der Waals surface area contributed by atoms with Gasteiger partial charge in [0.1, 0.15) is 5.65 Å². The predicted molar refractivity (Wildman–Crippen MR) is 133 cm³/mol. The molecule has 0 saturated carbocycles. The highest BCUT2D eigenvalue weighted by atomic mass is 35.5. The van der Waals surface area contributed by atoms with E-state index in [1.165, 1.54) is 0 Å². The van der Waals surface area contributed by atoms with Crippen LogP contribution in [0.5, 0.6) is 0 Å². The van der Waals surface area contributed by atoms with Crippen LogP contribution in [0.2, 0.25) is 5.02 Å². The molecule has 4 aromatic rings. The van der Waals surface area contributed by atoms with Crippen molar-refractivity contribution in [1.82, 2.24) is 24.8 Å². The third kappa shape index (κ3) is 4.10. The number of aryl methyl sites for hydroxylation is 2. The fourth-order valence-electron chi connectivity index (χ4n) is 4.34. The summed E-state index contributed by atoms with van der Waals surface area (Å²) in [6.45, 7) is 6.31. The van der Waals surface area contributed by atoms with Crippen LogP contribution in [0.15, 0.2) is 53.6 Å². The summed E-state index contributed by atoms with van der Waals surface area (Å²) in [4.78, 5) is 27.1. The van der Waals surface area contributed by atoms with E-state index in [0.717, 1.165) is 41.7 Å². The molecule has 3 aromatic heterocycles. The van der Waals surface area contributed by atoms with E-state index in [2.05, 4.69) is 25.6 Å². The molecule has 1 atom stereocenters. The minimum absolute atomic E-state index is 0.124. The molecule has 1 aromatic carbocycles. The van der Waals surface area contributed by atoms with E-state index in [4.69, 9.17) is 11.6 Å². The van der Waals surface area contributed by atoms with Gasteiger partial charge in [0, 0.05) is 58.6 Å². The topological polar surface area (TPSA) is 84.7 Å². The van der Waals surface area contributed by atoms with E-state index in [1.54, 1.807) is 17.0 Å². The first-order valence-corrected chi connectivity index (χ1v) is 11.5. The van der Waals surface area contributed by atoms with Crippen LogP contribution < -0.4 is 16.2 Å². The van der Waals surface area contributed by atoms with Gasteiger partial charge in [0.15, 0.2) is 0 Å². The number of nitrogens with zero attached hydrogens (tertiary/aromatic N) is 4. The first-order chi connectivity index (χ1) is 16.0. The van der Waals surface area contributed by atoms with Gasteiger partial charge in [0.05, 0.1) is 5.69 Å². The number of fused-ring (bicyclic) bond motifs is 1. The Morgan fingerprint density at radius 2 is 2.09 bits per heavy atom. The van der Waals surface area contributed by atoms with Crippen LogP contribution in [-0.4, -0.2) is 38.7 Å². The molecule has 0 amide bonds. The van der Waals surface area contributed by atoms with Crippen LogP contribution in [0.3, 0.4) is 0 Å². The molecule has 5 rings (SSSR count). The van der Waals surface area contributed by atoms with Crippen molar-refractivity contribution in [2.24, 2.45) is 0 Å². The highest BCUT2D eigenvalue weighted by Gasteiger charge is 2.18. The lowest BCUT2D eigenvalue weighted by Crippen LogP contribution is -2.25. The Kier molecular flexibility index (Phi) is 5.83. The van der Waals surface area contributed by atoms with Crippen LogP contribution in [0, 0.1) is 6.92 Å². The van der Waals surface area contributed by atoms with E-state index in [1.807, 2.05) is 50.2 Å². The summed E-state index contributed by atoms with van der Waals surface area (Å²) in [6, 6.07) is 11.8. The zero-order valence-electron chi connectivity index (χ0n) is 18.6. The van der Waals surface area contributed by atoms with Gasteiger partial charge in [-0.15, -0.1) is 0 Å². The van der Waals surface area contributed by atoms with Crippen molar-refractivity contribution in [1.29, 1.82) is 0 Å². The van der Waals surface area contributed by atoms with Crippen molar-refractivity contribution < 1.29 is 0 Å². The normalized spacial score (nSPS) is 15.8. The van der Waals surface area contributed by atoms with Gasteiger partial charge in [0.25, 0.3) is 5.56 Å². The monoisotopic (exact) mass is 460 g/mol. The second kappa shape index (κ2) is 8.92. The third-order valence-electron chi connectivity index (χ3n) is 6.08. The van der Waals surface area contributed by atoms with E-state index >= 15 is 0 Å². The van der Waals surface area contributed by atoms with Gasteiger partial charge in [-0.2, -0.15) is 4.98 Å². The summed E-state index contributed by atoms with van der Waals surface area (Å²) in [6.07, 6.45) is 4.55. The number of anilines is 1. The molecule has 1 saturated heterocycles. The summed E-state index contributed by atoms with van der Waals surface area (Å²) < 4.78 is 1.68. The van der Waals surface area contributed by atoms with Gasteiger partial charge in [-0.1, -0.05) is 29.8 Å². The van der Waals surface area contributed by atoms with Gasteiger partial charge in [-0.3, -0.25) is 14.3 Å². The Hall–Kier alpha value is -3.29. The van der Waals surface area contributed by atoms with Crippen molar-refractivity contribution in [2.75, 3.05) is 18.4 Å². The maximum atomic E-state index is 13.4. The molecule has 4 heterocycles. The predicted octanol–water partition coefficient (Wildman–Crippen LogP) is 4.28. The van der Waals surface area contributed by atoms with Gasteiger partial charge in [0.2, 0.25) is 5.95 Å². The van der Waals surface area contributed by atoms with Gasteiger partial charge < -0.3 is 10.6 Å². The first kappa shape index (κ1) is 21.6. The molecule has 33 heavy (non-hydrogen) atoms. The average Bonchev–Trinajstić information content (AvgIpc) is 3.32.